The maximum absolute atomic E-state index is 13.7. The van der Waals surface area contributed by atoms with E-state index in [1.807, 2.05) is 6.92 Å². The van der Waals surface area contributed by atoms with Crippen molar-refractivity contribution in [3.8, 4) is 0 Å². The zero-order valence-corrected chi connectivity index (χ0v) is 15.3. The number of rotatable bonds is 7. The molecule has 0 aliphatic carbocycles. The molecule has 0 saturated carbocycles. The highest BCUT2D eigenvalue weighted by molar-refractivity contribution is 7.89. The number of carbonyl (C=O) groups is 1. The monoisotopic (exact) mass is 370 g/mol. The van der Waals surface area contributed by atoms with Gasteiger partial charge in [0, 0.05) is 28.5 Å². The third-order valence-corrected chi connectivity index (χ3v) is 6.07. The summed E-state index contributed by atoms with van der Waals surface area (Å²) in [7, 11) is -3.58. The van der Waals surface area contributed by atoms with Crippen molar-refractivity contribution in [3.05, 3.63) is 45.4 Å². The minimum Gasteiger partial charge on any atom is -0.383 e. The van der Waals surface area contributed by atoms with E-state index >= 15 is 0 Å². The van der Waals surface area contributed by atoms with Gasteiger partial charge in [0.05, 0.1) is 10.5 Å². The number of aryl methyl sites for hydroxylation is 2. The normalized spacial score (nSPS) is 11.5. The van der Waals surface area contributed by atoms with Gasteiger partial charge in [-0.1, -0.05) is 6.07 Å². The van der Waals surface area contributed by atoms with Crippen molar-refractivity contribution in [3.63, 3.8) is 0 Å². The van der Waals surface area contributed by atoms with E-state index in [2.05, 4.69) is 10.0 Å². The molecule has 0 fully saturated rings. The summed E-state index contributed by atoms with van der Waals surface area (Å²) in [5, 5.41) is 2.89. The summed E-state index contributed by atoms with van der Waals surface area (Å²) in [5.41, 5.74) is 0.328. The smallest absolute Gasteiger partial charge is 0.241 e. The summed E-state index contributed by atoms with van der Waals surface area (Å²) in [6, 6.07) is 5.93. The molecule has 0 unspecified atom stereocenters. The first-order valence-corrected chi connectivity index (χ1v) is 9.62. The fourth-order valence-electron chi connectivity index (χ4n) is 2.36. The zero-order chi connectivity index (χ0) is 17.9. The van der Waals surface area contributed by atoms with Gasteiger partial charge in [0.25, 0.3) is 0 Å². The lowest BCUT2D eigenvalue weighted by molar-refractivity contribution is 0.101. The molecule has 5 nitrogen and oxygen atoms in total. The Labute approximate surface area is 145 Å². The highest BCUT2D eigenvalue weighted by atomic mass is 32.2. The summed E-state index contributed by atoms with van der Waals surface area (Å²) < 4.78 is 40.7. The summed E-state index contributed by atoms with van der Waals surface area (Å²) in [4.78, 5) is 13.5. The van der Waals surface area contributed by atoms with Crippen molar-refractivity contribution in [2.45, 2.75) is 25.7 Å². The van der Waals surface area contributed by atoms with E-state index in [0.717, 1.165) is 9.75 Å². The van der Waals surface area contributed by atoms with Gasteiger partial charge in [-0.05, 0) is 39.0 Å². The van der Waals surface area contributed by atoms with E-state index in [0.29, 0.717) is 5.69 Å². The van der Waals surface area contributed by atoms with Crippen LogP contribution < -0.4 is 10.0 Å². The van der Waals surface area contributed by atoms with E-state index in [1.54, 1.807) is 19.1 Å². The van der Waals surface area contributed by atoms with E-state index in [9.17, 15) is 17.6 Å². The van der Waals surface area contributed by atoms with E-state index in [-0.39, 0.29) is 29.3 Å². The predicted octanol–water partition coefficient (Wildman–Crippen LogP) is 3.10. The average Bonchev–Trinajstić information content (AvgIpc) is 2.83. The predicted molar refractivity (Wildman–Crippen MR) is 93.9 cm³/mol. The summed E-state index contributed by atoms with van der Waals surface area (Å²) in [6.07, 6.45) is 0. The lowest BCUT2D eigenvalue weighted by Gasteiger charge is -2.11. The van der Waals surface area contributed by atoms with Crippen LogP contribution in [0.25, 0.3) is 0 Å². The molecule has 0 aliphatic rings. The second-order valence-corrected chi connectivity index (χ2v) is 8.52. The third-order valence-electron chi connectivity index (χ3n) is 3.38. The van der Waals surface area contributed by atoms with Gasteiger partial charge in [0.1, 0.15) is 5.82 Å². The Morgan fingerprint density at radius 1 is 1.25 bits per heavy atom. The maximum atomic E-state index is 13.7. The molecule has 2 N–H and O–H groups in total. The average molecular weight is 370 g/mol. The van der Waals surface area contributed by atoms with E-state index < -0.39 is 15.8 Å². The third kappa shape index (κ3) is 4.19. The number of sulfonamides is 1. The van der Waals surface area contributed by atoms with Crippen molar-refractivity contribution in [2.75, 3.05) is 18.4 Å². The highest BCUT2D eigenvalue weighted by Gasteiger charge is 2.18. The Morgan fingerprint density at radius 2 is 1.96 bits per heavy atom. The first-order chi connectivity index (χ1) is 11.2. The number of Topliss-reactive ketones (excluding diaryl/α,β-unsaturated/α-hetero) is 1. The number of benzene rings is 1. The van der Waals surface area contributed by atoms with E-state index in [1.165, 1.54) is 30.4 Å². The van der Waals surface area contributed by atoms with Gasteiger partial charge in [-0.2, -0.15) is 0 Å². The van der Waals surface area contributed by atoms with Crippen LogP contribution in [-0.4, -0.2) is 27.3 Å². The first kappa shape index (κ1) is 18.6. The first-order valence-electron chi connectivity index (χ1n) is 7.32. The Bertz CT molecular complexity index is 860. The number of hydrogen-bond donors (Lipinski definition) is 2. The van der Waals surface area contributed by atoms with Crippen LogP contribution in [0.15, 0.2) is 29.2 Å². The van der Waals surface area contributed by atoms with Crippen LogP contribution in [-0.2, 0) is 10.0 Å². The lowest BCUT2D eigenvalue weighted by atomic mass is 10.1. The molecule has 130 valence electrons. The number of carbonyl (C=O) groups excluding carboxylic acids is 1. The molecule has 0 atom stereocenters. The van der Waals surface area contributed by atoms with Gasteiger partial charge in [0.15, 0.2) is 5.78 Å². The Morgan fingerprint density at radius 3 is 2.54 bits per heavy atom. The summed E-state index contributed by atoms with van der Waals surface area (Å²) in [6.45, 7) is 5.24. The van der Waals surface area contributed by atoms with Crippen molar-refractivity contribution in [2.24, 2.45) is 0 Å². The van der Waals surface area contributed by atoms with Crippen molar-refractivity contribution in [1.29, 1.82) is 0 Å². The van der Waals surface area contributed by atoms with Crippen LogP contribution in [0, 0.1) is 19.7 Å². The molecule has 1 heterocycles. The quantitative estimate of drug-likeness (QED) is 0.580. The summed E-state index contributed by atoms with van der Waals surface area (Å²) in [5.74, 6) is -0.988. The van der Waals surface area contributed by atoms with Crippen molar-refractivity contribution in [1.82, 2.24) is 4.72 Å². The van der Waals surface area contributed by atoms with Crippen LogP contribution in [0.5, 0.6) is 0 Å². The van der Waals surface area contributed by atoms with Gasteiger partial charge in [-0.25, -0.2) is 17.5 Å². The molecule has 0 aliphatic heterocycles. The van der Waals surface area contributed by atoms with Gasteiger partial charge in [-0.3, -0.25) is 4.79 Å². The van der Waals surface area contributed by atoms with Crippen LogP contribution in [0.4, 0.5) is 10.1 Å². The van der Waals surface area contributed by atoms with Crippen LogP contribution >= 0.6 is 11.3 Å². The molecule has 2 rings (SSSR count). The number of thiophene rings is 1. The Hall–Kier alpha value is -1.77. The van der Waals surface area contributed by atoms with Crippen LogP contribution in [0.3, 0.4) is 0 Å². The molecule has 0 spiro atoms. The molecule has 0 amide bonds. The number of hydrogen-bond acceptors (Lipinski definition) is 5. The molecule has 1 aromatic carbocycles. The van der Waals surface area contributed by atoms with Crippen molar-refractivity contribution >= 4 is 32.8 Å². The zero-order valence-electron chi connectivity index (χ0n) is 13.6. The Balaban J connectivity index is 2.00. The molecule has 0 saturated heterocycles. The highest BCUT2D eigenvalue weighted by Crippen LogP contribution is 2.24. The molecule has 24 heavy (non-hydrogen) atoms. The molecule has 0 radical (unpaired) electrons. The summed E-state index contributed by atoms with van der Waals surface area (Å²) >= 11 is 1.42. The number of ketones is 1. The molecule has 2 aromatic rings. The topological polar surface area (TPSA) is 75.3 Å². The van der Waals surface area contributed by atoms with Gasteiger partial charge >= 0.3 is 0 Å². The van der Waals surface area contributed by atoms with Gasteiger partial charge in [0.2, 0.25) is 10.0 Å². The number of anilines is 1. The van der Waals surface area contributed by atoms with Crippen molar-refractivity contribution < 1.29 is 17.6 Å². The SMILES string of the molecule is CC(=O)c1c(F)cccc1NCCNS(=O)(=O)c1cc(C)sc1C. The molecular weight excluding hydrogens is 351 g/mol. The largest absolute Gasteiger partial charge is 0.383 e. The molecule has 0 bridgehead atoms. The lowest BCUT2D eigenvalue weighted by Crippen LogP contribution is -2.29. The fourth-order valence-corrected chi connectivity index (χ4v) is 4.95. The molecular formula is C16H19FN2O3S2. The van der Waals surface area contributed by atoms with Crippen LogP contribution in [0.2, 0.25) is 0 Å². The fraction of sp³-hybridized carbons (Fsp3) is 0.312. The van der Waals surface area contributed by atoms with Gasteiger partial charge < -0.3 is 5.32 Å². The minimum atomic E-state index is -3.58. The Kier molecular flexibility index (Phi) is 5.74. The van der Waals surface area contributed by atoms with E-state index in [4.69, 9.17) is 0 Å². The second-order valence-electron chi connectivity index (χ2n) is 5.32. The van der Waals surface area contributed by atoms with Gasteiger partial charge in [-0.15, -0.1) is 11.3 Å². The maximum Gasteiger partial charge on any atom is 0.241 e. The molecule has 8 heteroatoms. The minimum absolute atomic E-state index is 0.0235. The standard InChI is InChI=1S/C16H19FN2O3S2/c1-10-9-15(12(3)23-10)24(21,22)19-8-7-18-14-6-4-5-13(17)16(14)11(2)20/h4-6,9,18-19H,7-8H2,1-3H3. The molecule has 1 aromatic heterocycles. The number of halogens is 1. The second kappa shape index (κ2) is 7.42. The number of nitrogens with one attached hydrogen (secondary N) is 2. The van der Waals surface area contributed by atoms with Crippen LogP contribution in [0.1, 0.15) is 27.0 Å².